The number of ether oxygens (including phenoxy) is 2. The van der Waals surface area contributed by atoms with Crippen LogP contribution in [-0.2, 0) is 29.4 Å². The van der Waals surface area contributed by atoms with E-state index in [4.69, 9.17) is 14.3 Å². The Balaban J connectivity index is 2.09. The number of morpholine rings is 1. The van der Waals surface area contributed by atoms with Crippen molar-refractivity contribution in [3.8, 4) is 0 Å². The van der Waals surface area contributed by atoms with Crippen LogP contribution < -0.4 is 0 Å². The maximum absolute atomic E-state index is 13.2. The molecule has 1 aromatic carbocycles. The summed E-state index contributed by atoms with van der Waals surface area (Å²) in [6, 6.07) is 9.12. The molecular formula is C19H25NO5. The molecule has 4 atom stereocenters. The summed E-state index contributed by atoms with van der Waals surface area (Å²) in [5, 5.41) is 1.66. The maximum Gasteiger partial charge on any atom is 0.337 e. The highest BCUT2D eigenvalue weighted by molar-refractivity contribution is 5.86. The molecule has 0 aliphatic carbocycles. The van der Waals surface area contributed by atoms with Gasteiger partial charge in [-0.25, -0.2) is 9.59 Å². The first-order valence-electron chi connectivity index (χ1n) is 8.52. The molecule has 2 fully saturated rings. The Morgan fingerprint density at radius 2 is 1.92 bits per heavy atom. The summed E-state index contributed by atoms with van der Waals surface area (Å²) >= 11 is 0. The third-order valence-corrected chi connectivity index (χ3v) is 5.05. The summed E-state index contributed by atoms with van der Waals surface area (Å²) in [5.41, 5.74) is -0.642. The number of esters is 2. The molecule has 6 heteroatoms. The molecular weight excluding hydrogens is 322 g/mol. The van der Waals surface area contributed by atoms with E-state index >= 15 is 0 Å². The van der Waals surface area contributed by atoms with Crippen LogP contribution >= 0.6 is 0 Å². The zero-order valence-corrected chi connectivity index (χ0v) is 15.3. The first kappa shape index (κ1) is 17.9. The molecule has 0 bridgehead atoms. The van der Waals surface area contributed by atoms with Gasteiger partial charge in [0.2, 0.25) is 0 Å². The predicted octanol–water partition coefficient (Wildman–Crippen LogP) is 2.42. The molecule has 2 aliphatic heterocycles. The van der Waals surface area contributed by atoms with E-state index in [0.29, 0.717) is 0 Å². The van der Waals surface area contributed by atoms with E-state index < -0.39 is 17.6 Å². The SMILES string of the molecule is COC(=O)[C@@H]1C[C@@]2(c3ccccc3)C(=O)O[C@@H](C(C)(C)C)[C@H](C)N2O1. The lowest BCUT2D eigenvalue weighted by Gasteiger charge is -2.49. The molecule has 1 aromatic rings. The minimum absolute atomic E-state index is 0.170. The van der Waals surface area contributed by atoms with E-state index in [0.717, 1.165) is 5.56 Å². The van der Waals surface area contributed by atoms with Gasteiger partial charge in [0.15, 0.2) is 11.6 Å². The number of carbonyl (C=O) groups is 2. The average molecular weight is 347 g/mol. The Labute approximate surface area is 148 Å². The van der Waals surface area contributed by atoms with Crippen molar-refractivity contribution in [2.75, 3.05) is 7.11 Å². The maximum atomic E-state index is 13.2. The van der Waals surface area contributed by atoms with Gasteiger partial charge in [0.05, 0.1) is 13.2 Å². The number of methoxy groups -OCH3 is 1. The number of rotatable bonds is 2. The van der Waals surface area contributed by atoms with Gasteiger partial charge in [-0.3, -0.25) is 4.84 Å². The van der Waals surface area contributed by atoms with Gasteiger partial charge >= 0.3 is 11.9 Å². The van der Waals surface area contributed by atoms with Crippen LogP contribution in [-0.4, -0.2) is 42.4 Å². The monoisotopic (exact) mass is 347 g/mol. The van der Waals surface area contributed by atoms with Crippen LogP contribution in [0.5, 0.6) is 0 Å². The van der Waals surface area contributed by atoms with Crippen LogP contribution in [0.25, 0.3) is 0 Å². The van der Waals surface area contributed by atoms with Gasteiger partial charge in [0, 0.05) is 11.8 Å². The molecule has 2 heterocycles. The van der Waals surface area contributed by atoms with Crippen LogP contribution in [0.3, 0.4) is 0 Å². The normalized spacial score (nSPS) is 32.8. The third-order valence-electron chi connectivity index (χ3n) is 5.05. The third kappa shape index (κ3) is 2.73. The van der Waals surface area contributed by atoms with E-state index in [1.165, 1.54) is 7.11 Å². The van der Waals surface area contributed by atoms with Gasteiger partial charge in [-0.05, 0) is 12.5 Å². The molecule has 0 aromatic heterocycles. The topological polar surface area (TPSA) is 65.1 Å². The van der Waals surface area contributed by atoms with Crippen molar-refractivity contribution in [3.05, 3.63) is 35.9 Å². The number of benzene rings is 1. The molecule has 0 N–H and O–H groups in total. The first-order valence-corrected chi connectivity index (χ1v) is 8.52. The molecule has 0 spiro atoms. The van der Waals surface area contributed by atoms with Crippen molar-refractivity contribution in [2.24, 2.45) is 5.41 Å². The number of nitrogens with zero attached hydrogens (tertiary/aromatic N) is 1. The highest BCUT2D eigenvalue weighted by atomic mass is 16.7. The largest absolute Gasteiger partial charge is 0.467 e. The van der Waals surface area contributed by atoms with Crippen molar-refractivity contribution in [2.45, 2.75) is 57.9 Å². The summed E-state index contributed by atoms with van der Waals surface area (Å²) in [6.07, 6.45) is -1.02. The summed E-state index contributed by atoms with van der Waals surface area (Å²) in [6.45, 7) is 8.01. The minimum atomic E-state index is -1.14. The van der Waals surface area contributed by atoms with E-state index in [1.54, 1.807) is 5.06 Å². The van der Waals surface area contributed by atoms with Crippen LogP contribution in [0.2, 0.25) is 0 Å². The first-order chi connectivity index (χ1) is 11.7. The minimum Gasteiger partial charge on any atom is -0.467 e. The van der Waals surface area contributed by atoms with Crippen molar-refractivity contribution in [1.82, 2.24) is 5.06 Å². The second-order valence-electron chi connectivity index (χ2n) is 7.81. The number of carbonyl (C=O) groups excluding carboxylic acids is 2. The van der Waals surface area contributed by atoms with Crippen molar-refractivity contribution in [3.63, 3.8) is 0 Å². The number of fused-ring (bicyclic) bond motifs is 1. The summed E-state index contributed by atoms with van der Waals surface area (Å²) in [5.74, 6) is -0.875. The molecule has 3 rings (SSSR count). The Morgan fingerprint density at radius 3 is 2.48 bits per heavy atom. The van der Waals surface area contributed by atoms with Crippen LogP contribution in [0.15, 0.2) is 30.3 Å². The molecule has 2 aliphatic rings. The van der Waals surface area contributed by atoms with Crippen LogP contribution in [0.1, 0.15) is 39.7 Å². The predicted molar refractivity (Wildman–Crippen MR) is 90.3 cm³/mol. The van der Waals surface area contributed by atoms with Crippen LogP contribution in [0.4, 0.5) is 0 Å². The van der Waals surface area contributed by atoms with E-state index in [9.17, 15) is 9.59 Å². The lowest BCUT2D eigenvalue weighted by Crippen LogP contribution is -2.63. The zero-order chi connectivity index (χ0) is 18.4. The average Bonchev–Trinajstić information content (AvgIpc) is 3.00. The smallest absolute Gasteiger partial charge is 0.337 e. The van der Waals surface area contributed by atoms with Gasteiger partial charge in [0.25, 0.3) is 0 Å². The fourth-order valence-electron chi connectivity index (χ4n) is 3.91. The molecule has 0 unspecified atom stereocenters. The number of hydrogen-bond acceptors (Lipinski definition) is 6. The summed E-state index contributed by atoms with van der Waals surface area (Å²) < 4.78 is 10.7. The lowest BCUT2D eigenvalue weighted by atomic mass is 9.78. The van der Waals surface area contributed by atoms with Crippen LogP contribution in [0, 0.1) is 5.41 Å². The fourth-order valence-corrected chi connectivity index (χ4v) is 3.91. The molecule has 0 amide bonds. The van der Waals surface area contributed by atoms with E-state index in [1.807, 2.05) is 58.0 Å². The Kier molecular flexibility index (Phi) is 4.37. The van der Waals surface area contributed by atoms with E-state index in [-0.39, 0.29) is 30.0 Å². The molecule has 2 saturated heterocycles. The fraction of sp³-hybridized carbons (Fsp3) is 0.579. The van der Waals surface area contributed by atoms with Crippen molar-refractivity contribution >= 4 is 11.9 Å². The summed E-state index contributed by atoms with van der Waals surface area (Å²) in [7, 11) is 1.32. The van der Waals surface area contributed by atoms with Crippen molar-refractivity contribution in [1.29, 1.82) is 0 Å². The quantitative estimate of drug-likeness (QED) is 0.766. The second kappa shape index (κ2) is 6.11. The summed E-state index contributed by atoms with van der Waals surface area (Å²) in [4.78, 5) is 31.2. The van der Waals surface area contributed by atoms with E-state index in [2.05, 4.69) is 0 Å². The van der Waals surface area contributed by atoms with Gasteiger partial charge < -0.3 is 9.47 Å². The molecule has 0 radical (unpaired) electrons. The standard InChI is InChI=1S/C19H25NO5/c1-12-15(18(2,3)4)24-17(22)19(13-9-7-6-8-10-13)11-14(16(21)23-5)25-20(12)19/h6-10,12,14-15H,11H2,1-5H3/t12-,14-,15+,19+/m0/s1. The van der Waals surface area contributed by atoms with Crippen molar-refractivity contribution < 1.29 is 23.9 Å². The number of hydrogen-bond donors (Lipinski definition) is 0. The lowest BCUT2D eigenvalue weighted by molar-refractivity contribution is -0.273. The second-order valence-corrected chi connectivity index (χ2v) is 7.81. The molecule has 25 heavy (non-hydrogen) atoms. The highest BCUT2D eigenvalue weighted by Crippen LogP contribution is 2.49. The van der Waals surface area contributed by atoms with Gasteiger partial charge in [0.1, 0.15) is 6.10 Å². The van der Waals surface area contributed by atoms with Gasteiger partial charge in [-0.2, -0.15) is 5.06 Å². The highest BCUT2D eigenvalue weighted by Gasteiger charge is 2.64. The number of hydroxylamine groups is 2. The Morgan fingerprint density at radius 1 is 1.28 bits per heavy atom. The molecule has 6 nitrogen and oxygen atoms in total. The zero-order valence-electron chi connectivity index (χ0n) is 15.3. The van der Waals surface area contributed by atoms with Gasteiger partial charge in [-0.1, -0.05) is 51.1 Å². The molecule has 136 valence electrons. The van der Waals surface area contributed by atoms with Gasteiger partial charge in [-0.15, -0.1) is 0 Å². The Bertz CT molecular complexity index is 668. The molecule has 0 saturated carbocycles. The Hall–Kier alpha value is -1.92. The number of cyclic esters (lactones) is 1.